The van der Waals surface area contributed by atoms with Gasteiger partial charge in [0.2, 0.25) is 5.91 Å². The number of carbonyl (C=O) groups excluding carboxylic acids is 3. The van der Waals surface area contributed by atoms with Crippen molar-refractivity contribution < 1.29 is 19.1 Å². The van der Waals surface area contributed by atoms with E-state index in [9.17, 15) is 14.4 Å². The minimum Gasteiger partial charge on any atom is -0.455 e. The molecular weight excluding hydrogens is 320 g/mol. The first-order valence-electron chi connectivity index (χ1n) is 9.84. The van der Waals surface area contributed by atoms with Gasteiger partial charge in [-0.1, -0.05) is 39.0 Å². The Labute approximate surface area is 150 Å². The molecule has 25 heavy (non-hydrogen) atoms. The second kappa shape index (κ2) is 10.4. The second-order valence-electron chi connectivity index (χ2n) is 7.25. The summed E-state index contributed by atoms with van der Waals surface area (Å²) in [5, 5.41) is 3.00. The first kappa shape index (κ1) is 19.7. The van der Waals surface area contributed by atoms with Gasteiger partial charge in [0.25, 0.3) is 5.91 Å². The van der Waals surface area contributed by atoms with Crippen molar-refractivity contribution in [2.45, 2.75) is 77.2 Å². The molecule has 0 radical (unpaired) electrons. The van der Waals surface area contributed by atoms with Crippen LogP contribution in [0.2, 0.25) is 0 Å². The van der Waals surface area contributed by atoms with E-state index in [1.54, 1.807) is 4.90 Å². The minimum absolute atomic E-state index is 0.0690. The van der Waals surface area contributed by atoms with Gasteiger partial charge in [-0.25, -0.2) is 0 Å². The smallest absolute Gasteiger partial charge is 0.311 e. The van der Waals surface area contributed by atoms with Gasteiger partial charge in [0, 0.05) is 25.6 Å². The molecule has 0 aromatic heterocycles. The molecule has 2 rings (SSSR count). The van der Waals surface area contributed by atoms with Crippen LogP contribution in [-0.2, 0) is 19.1 Å². The fraction of sp³-hybridized carbons (Fsp3) is 0.842. The molecular formula is C19H32N2O4. The number of rotatable bonds is 5. The van der Waals surface area contributed by atoms with Gasteiger partial charge in [-0.3, -0.25) is 14.4 Å². The lowest BCUT2D eigenvalue weighted by Gasteiger charge is -2.31. The molecule has 6 nitrogen and oxygen atoms in total. The summed E-state index contributed by atoms with van der Waals surface area (Å²) in [6.45, 7) is 2.73. The fourth-order valence-electron chi connectivity index (χ4n) is 3.74. The normalized spacial score (nSPS) is 22.6. The molecule has 0 aromatic carbocycles. The molecule has 1 saturated carbocycles. The number of likely N-dealkylation sites (tertiary alicyclic amines) is 1. The minimum atomic E-state index is -0.360. The van der Waals surface area contributed by atoms with Crippen LogP contribution in [0.25, 0.3) is 0 Å². The molecule has 2 fully saturated rings. The Balaban J connectivity index is 1.71. The molecule has 1 unspecified atom stereocenters. The van der Waals surface area contributed by atoms with E-state index in [4.69, 9.17) is 4.74 Å². The Morgan fingerprint density at radius 1 is 1.00 bits per heavy atom. The molecule has 1 aliphatic heterocycles. The highest BCUT2D eigenvalue weighted by molar-refractivity contribution is 5.82. The number of amides is 2. The summed E-state index contributed by atoms with van der Waals surface area (Å²) in [5.41, 5.74) is 0. The number of esters is 1. The van der Waals surface area contributed by atoms with Crippen molar-refractivity contribution in [2.75, 3.05) is 19.7 Å². The summed E-state index contributed by atoms with van der Waals surface area (Å²) in [6.07, 6.45) is 10.0. The highest BCUT2D eigenvalue weighted by Crippen LogP contribution is 2.19. The van der Waals surface area contributed by atoms with Gasteiger partial charge in [-0.2, -0.15) is 0 Å². The van der Waals surface area contributed by atoms with Crippen LogP contribution in [0.15, 0.2) is 0 Å². The van der Waals surface area contributed by atoms with Gasteiger partial charge in [0.15, 0.2) is 6.61 Å². The van der Waals surface area contributed by atoms with Crippen molar-refractivity contribution in [1.29, 1.82) is 0 Å². The van der Waals surface area contributed by atoms with Crippen LogP contribution >= 0.6 is 0 Å². The lowest BCUT2D eigenvalue weighted by Crippen LogP contribution is -2.43. The maximum atomic E-state index is 12.2. The van der Waals surface area contributed by atoms with E-state index < -0.39 is 0 Å². The van der Waals surface area contributed by atoms with E-state index in [1.165, 1.54) is 19.3 Å². The van der Waals surface area contributed by atoms with Crippen LogP contribution < -0.4 is 5.32 Å². The molecule has 0 bridgehead atoms. The topological polar surface area (TPSA) is 75.7 Å². The van der Waals surface area contributed by atoms with Gasteiger partial charge in [0.05, 0.1) is 5.92 Å². The molecule has 0 spiro atoms. The van der Waals surface area contributed by atoms with Gasteiger partial charge >= 0.3 is 5.97 Å². The van der Waals surface area contributed by atoms with Gasteiger partial charge in [-0.15, -0.1) is 0 Å². The van der Waals surface area contributed by atoms with Crippen molar-refractivity contribution in [2.24, 2.45) is 5.92 Å². The molecule has 1 aliphatic carbocycles. The molecule has 2 amide bonds. The third kappa shape index (κ3) is 6.67. The van der Waals surface area contributed by atoms with Crippen LogP contribution in [0.3, 0.4) is 0 Å². The quantitative estimate of drug-likeness (QED) is 0.771. The van der Waals surface area contributed by atoms with Crippen LogP contribution in [-0.4, -0.2) is 48.4 Å². The van der Waals surface area contributed by atoms with Crippen LogP contribution in [0.5, 0.6) is 0 Å². The zero-order valence-electron chi connectivity index (χ0n) is 15.4. The third-order valence-corrected chi connectivity index (χ3v) is 5.23. The first-order valence-corrected chi connectivity index (χ1v) is 9.84. The first-order chi connectivity index (χ1) is 12.1. The summed E-state index contributed by atoms with van der Waals surface area (Å²) in [5.74, 6) is -0.810. The Kier molecular flexibility index (Phi) is 8.22. The summed E-state index contributed by atoms with van der Waals surface area (Å²) >= 11 is 0. The average molecular weight is 352 g/mol. The SMILES string of the molecule is CCC(=O)N1CCCC(C(=O)OCC(=O)NC2CCCCCCC2)C1. The van der Waals surface area contributed by atoms with Crippen LogP contribution in [0.1, 0.15) is 71.1 Å². The third-order valence-electron chi connectivity index (χ3n) is 5.23. The Morgan fingerprint density at radius 2 is 1.68 bits per heavy atom. The zero-order valence-corrected chi connectivity index (χ0v) is 15.4. The molecule has 2 aliphatic rings. The van der Waals surface area contributed by atoms with E-state index >= 15 is 0 Å². The molecule has 1 saturated heterocycles. The number of hydrogen-bond acceptors (Lipinski definition) is 4. The zero-order chi connectivity index (χ0) is 18.1. The summed E-state index contributed by atoms with van der Waals surface area (Å²) in [6, 6.07) is 0.207. The van der Waals surface area contributed by atoms with Gasteiger partial charge in [-0.05, 0) is 25.7 Å². The van der Waals surface area contributed by atoms with Crippen molar-refractivity contribution in [3.8, 4) is 0 Å². The predicted octanol–water partition coefficient (Wildman–Crippen LogP) is 2.41. The molecule has 6 heteroatoms. The fourth-order valence-corrected chi connectivity index (χ4v) is 3.74. The number of nitrogens with zero attached hydrogens (tertiary/aromatic N) is 1. The van der Waals surface area contributed by atoms with Crippen LogP contribution in [0.4, 0.5) is 0 Å². The van der Waals surface area contributed by atoms with Gasteiger partial charge < -0.3 is 15.0 Å². The maximum Gasteiger partial charge on any atom is 0.311 e. The lowest BCUT2D eigenvalue weighted by atomic mass is 9.97. The monoisotopic (exact) mass is 352 g/mol. The Morgan fingerprint density at radius 3 is 2.36 bits per heavy atom. The Bertz CT molecular complexity index is 458. The lowest BCUT2D eigenvalue weighted by molar-refractivity contribution is -0.155. The molecule has 0 aromatic rings. The average Bonchev–Trinajstić information content (AvgIpc) is 2.61. The number of piperidine rings is 1. The van der Waals surface area contributed by atoms with Crippen LogP contribution in [0, 0.1) is 5.92 Å². The van der Waals surface area contributed by atoms with E-state index in [0.29, 0.717) is 19.5 Å². The van der Waals surface area contributed by atoms with Crippen molar-refractivity contribution in [3.63, 3.8) is 0 Å². The highest BCUT2D eigenvalue weighted by atomic mass is 16.5. The van der Waals surface area contributed by atoms with E-state index in [-0.39, 0.29) is 36.4 Å². The van der Waals surface area contributed by atoms with Crippen molar-refractivity contribution in [3.05, 3.63) is 0 Å². The number of carbonyl (C=O) groups is 3. The van der Waals surface area contributed by atoms with E-state index in [1.807, 2.05) is 6.92 Å². The highest BCUT2D eigenvalue weighted by Gasteiger charge is 2.29. The van der Waals surface area contributed by atoms with Gasteiger partial charge in [0.1, 0.15) is 0 Å². The summed E-state index contributed by atoms with van der Waals surface area (Å²) in [4.78, 5) is 37.8. The maximum absolute atomic E-state index is 12.2. The number of nitrogens with one attached hydrogen (secondary N) is 1. The van der Waals surface area contributed by atoms with E-state index in [0.717, 1.165) is 38.5 Å². The van der Waals surface area contributed by atoms with E-state index in [2.05, 4.69) is 5.32 Å². The van der Waals surface area contributed by atoms with Crippen molar-refractivity contribution in [1.82, 2.24) is 10.2 Å². The molecule has 1 atom stereocenters. The second-order valence-corrected chi connectivity index (χ2v) is 7.25. The summed E-state index contributed by atoms with van der Waals surface area (Å²) < 4.78 is 5.21. The predicted molar refractivity (Wildman–Crippen MR) is 94.8 cm³/mol. The molecule has 1 N–H and O–H groups in total. The standard InChI is InChI=1S/C19H32N2O4/c1-2-18(23)21-12-8-9-15(13-21)19(24)25-14-17(22)20-16-10-6-4-3-5-7-11-16/h15-16H,2-14H2,1H3,(H,20,22). The number of hydrogen-bond donors (Lipinski definition) is 1. The number of ether oxygens (including phenoxy) is 1. The largest absolute Gasteiger partial charge is 0.455 e. The molecule has 142 valence electrons. The molecule has 1 heterocycles. The summed E-state index contributed by atoms with van der Waals surface area (Å²) in [7, 11) is 0. The van der Waals surface area contributed by atoms with Crippen molar-refractivity contribution >= 4 is 17.8 Å². The Hall–Kier alpha value is -1.59.